The van der Waals surface area contributed by atoms with Crippen molar-refractivity contribution in [2.24, 2.45) is 10.9 Å². The second-order valence-corrected chi connectivity index (χ2v) is 5.19. The van der Waals surface area contributed by atoms with Gasteiger partial charge in [-0.15, -0.1) is 0 Å². The first-order valence-corrected chi connectivity index (χ1v) is 6.98. The van der Waals surface area contributed by atoms with Gasteiger partial charge in [-0.25, -0.2) is 0 Å². The lowest BCUT2D eigenvalue weighted by Crippen LogP contribution is -2.30. The van der Waals surface area contributed by atoms with Gasteiger partial charge in [0, 0.05) is 18.7 Å². The molecule has 0 saturated heterocycles. The highest BCUT2D eigenvalue weighted by Gasteiger charge is 2.15. The van der Waals surface area contributed by atoms with E-state index in [2.05, 4.69) is 49.0 Å². The molecule has 1 rings (SSSR count). The molecule has 0 aromatic heterocycles. The molecule has 0 radical (unpaired) electrons. The molecule has 0 fully saturated rings. The predicted octanol–water partition coefficient (Wildman–Crippen LogP) is 1.87. The van der Waals surface area contributed by atoms with Crippen LogP contribution in [-0.2, 0) is 0 Å². The van der Waals surface area contributed by atoms with Crippen LogP contribution in [0.2, 0.25) is 0 Å². The van der Waals surface area contributed by atoms with Crippen LogP contribution in [0.1, 0.15) is 24.5 Å². The number of para-hydroxylation sites is 1. The molecule has 0 aliphatic carbocycles. The van der Waals surface area contributed by atoms with Gasteiger partial charge >= 0.3 is 0 Å². The molecule has 0 atom stereocenters. The van der Waals surface area contributed by atoms with Gasteiger partial charge in [-0.05, 0) is 52.5 Å². The van der Waals surface area contributed by atoms with E-state index in [1.54, 1.807) is 0 Å². The minimum atomic E-state index is 0.162. The lowest BCUT2D eigenvalue weighted by Gasteiger charge is -2.27. The van der Waals surface area contributed by atoms with E-state index in [-0.39, 0.29) is 5.84 Å². The van der Waals surface area contributed by atoms with E-state index in [9.17, 15) is 0 Å². The van der Waals surface area contributed by atoms with Crippen LogP contribution in [0, 0.1) is 6.92 Å². The summed E-state index contributed by atoms with van der Waals surface area (Å²) in [7, 11) is 4.15. The summed E-state index contributed by atoms with van der Waals surface area (Å²) in [5.41, 5.74) is 8.79. The van der Waals surface area contributed by atoms with Crippen molar-refractivity contribution in [1.29, 1.82) is 0 Å². The third kappa shape index (κ3) is 4.13. The minimum absolute atomic E-state index is 0.162. The Bertz CT molecular complexity index is 457. The summed E-state index contributed by atoms with van der Waals surface area (Å²) in [6.07, 6.45) is 1.07. The predicted molar refractivity (Wildman–Crippen MR) is 84.7 cm³/mol. The molecule has 5 nitrogen and oxygen atoms in total. The number of benzene rings is 1. The summed E-state index contributed by atoms with van der Waals surface area (Å²) in [5, 5.41) is 12.1. The molecule has 0 spiro atoms. The number of oxime groups is 1. The Hall–Kier alpha value is -1.75. The number of anilines is 1. The Morgan fingerprint density at radius 1 is 1.30 bits per heavy atom. The zero-order valence-corrected chi connectivity index (χ0v) is 12.9. The van der Waals surface area contributed by atoms with E-state index in [1.165, 1.54) is 0 Å². The molecule has 5 heteroatoms. The molecule has 20 heavy (non-hydrogen) atoms. The molecule has 0 bridgehead atoms. The number of hydrogen-bond acceptors (Lipinski definition) is 4. The normalized spacial score (nSPS) is 11.9. The van der Waals surface area contributed by atoms with Crippen molar-refractivity contribution in [2.75, 3.05) is 38.6 Å². The first-order chi connectivity index (χ1) is 9.51. The van der Waals surface area contributed by atoms with Crippen molar-refractivity contribution in [3.63, 3.8) is 0 Å². The van der Waals surface area contributed by atoms with Crippen molar-refractivity contribution in [1.82, 2.24) is 4.90 Å². The number of amidine groups is 1. The Labute approximate surface area is 121 Å². The van der Waals surface area contributed by atoms with Gasteiger partial charge in [-0.3, -0.25) is 0 Å². The summed E-state index contributed by atoms with van der Waals surface area (Å²) in [6.45, 7) is 7.06. The van der Waals surface area contributed by atoms with Crippen LogP contribution in [0.3, 0.4) is 0 Å². The number of nitrogens with two attached hydrogens (primary N) is 1. The zero-order chi connectivity index (χ0) is 15.1. The molecule has 0 saturated carbocycles. The Morgan fingerprint density at radius 2 is 2.00 bits per heavy atom. The lowest BCUT2D eigenvalue weighted by molar-refractivity contribution is 0.318. The number of aryl methyl sites for hydroxylation is 1. The Morgan fingerprint density at radius 3 is 2.55 bits per heavy atom. The van der Waals surface area contributed by atoms with Gasteiger partial charge in [-0.2, -0.15) is 0 Å². The topological polar surface area (TPSA) is 65.1 Å². The van der Waals surface area contributed by atoms with Crippen LogP contribution in [0.15, 0.2) is 23.4 Å². The van der Waals surface area contributed by atoms with Gasteiger partial charge in [0.25, 0.3) is 0 Å². The number of nitrogens with zero attached hydrogens (tertiary/aromatic N) is 3. The smallest absolute Gasteiger partial charge is 0.172 e. The van der Waals surface area contributed by atoms with Crippen molar-refractivity contribution < 1.29 is 5.21 Å². The van der Waals surface area contributed by atoms with Gasteiger partial charge < -0.3 is 20.7 Å². The van der Waals surface area contributed by atoms with Crippen molar-refractivity contribution >= 4 is 11.5 Å². The van der Waals surface area contributed by atoms with E-state index in [4.69, 9.17) is 10.9 Å². The van der Waals surface area contributed by atoms with E-state index in [0.717, 1.165) is 42.9 Å². The summed E-state index contributed by atoms with van der Waals surface area (Å²) >= 11 is 0. The molecule has 1 aromatic rings. The fourth-order valence-corrected chi connectivity index (χ4v) is 2.35. The number of rotatable bonds is 7. The molecule has 0 heterocycles. The third-order valence-corrected chi connectivity index (χ3v) is 3.35. The van der Waals surface area contributed by atoms with Crippen molar-refractivity contribution in [2.45, 2.75) is 20.3 Å². The van der Waals surface area contributed by atoms with Gasteiger partial charge in [-0.1, -0.05) is 17.3 Å². The molecule has 0 aliphatic rings. The maximum absolute atomic E-state index is 8.94. The SMILES string of the molecule is CCN(CCCN(C)C)c1c(C)cccc1/C(N)=N/O. The van der Waals surface area contributed by atoms with Crippen LogP contribution >= 0.6 is 0 Å². The van der Waals surface area contributed by atoms with Crippen LogP contribution in [-0.4, -0.2) is 49.7 Å². The van der Waals surface area contributed by atoms with E-state index >= 15 is 0 Å². The molecule has 1 aromatic carbocycles. The van der Waals surface area contributed by atoms with Crippen molar-refractivity contribution in [3.05, 3.63) is 29.3 Å². The largest absolute Gasteiger partial charge is 0.409 e. The second-order valence-electron chi connectivity index (χ2n) is 5.19. The van der Waals surface area contributed by atoms with Gasteiger partial charge in [0.2, 0.25) is 0 Å². The summed E-state index contributed by atoms with van der Waals surface area (Å²) in [5.74, 6) is 0.162. The highest BCUT2D eigenvalue weighted by molar-refractivity contribution is 6.02. The molecule has 0 unspecified atom stereocenters. The Balaban J connectivity index is 3.01. The molecule has 0 amide bonds. The molecule has 112 valence electrons. The quantitative estimate of drug-likeness (QED) is 0.346. The van der Waals surface area contributed by atoms with Crippen LogP contribution in [0.25, 0.3) is 0 Å². The van der Waals surface area contributed by atoms with Crippen LogP contribution in [0.5, 0.6) is 0 Å². The van der Waals surface area contributed by atoms with Gasteiger partial charge in [0.05, 0.1) is 5.69 Å². The zero-order valence-electron chi connectivity index (χ0n) is 12.9. The molecule has 0 aliphatic heterocycles. The summed E-state index contributed by atoms with van der Waals surface area (Å²) in [4.78, 5) is 4.46. The van der Waals surface area contributed by atoms with Gasteiger partial charge in [0.15, 0.2) is 5.84 Å². The molecule has 3 N–H and O–H groups in total. The highest BCUT2D eigenvalue weighted by atomic mass is 16.4. The van der Waals surface area contributed by atoms with Crippen LogP contribution < -0.4 is 10.6 Å². The fourth-order valence-electron chi connectivity index (χ4n) is 2.35. The summed E-state index contributed by atoms with van der Waals surface area (Å²) in [6, 6.07) is 5.88. The first-order valence-electron chi connectivity index (χ1n) is 6.98. The van der Waals surface area contributed by atoms with Crippen molar-refractivity contribution in [3.8, 4) is 0 Å². The second kappa shape index (κ2) is 7.75. The molecular formula is C15H26N4O. The maximum atomic E-state index is 8.94. The van der Waals surface area contributed by atoms with Gasteiger partial charge in [0.1, 0.15) is 0 Å². The van der Waals surface area contributed by atoms with E-state index in [1.807, 2.05) is 12.1 Å². The Kier molecular flexibility index (Phi) is 6.31. The maximum Gasteiger partial charge on any atom is 0.172 e. The third-order valence-electron chi connectivity index (χ3n) is 3.35. The summed E-state index contributed by atoms with van der Waals surface area (Å²) < 4.78 is 0. The standard InChI is InChI=1S/C15H26N4O/c1-5-19(11-7-10-18(3)4)14-12(2)8-6-9-13(14)15(16)17-20/h6,8-9,20H,5,7,10-11H2,1-4H3,(H2,16,17). The lowest BCUT2D eigenvalue weighted by atomic mass is 10.1. The average molecular weight is 278 g/mol. The monoisotopic (exact) mass is 278 g/mol. The highest BCUT2D eigenvalue weighted by Crippen LogP contribution is 2.25. The first kappa shape index (κ1) is 16.3. The molecular weight excluding hydrogens is 252 g/mol. The minimum Gasteiger partial charge on any atom is -0.409 e. The van der Waals surface area contributed by atoms with Crippen LogP contribution in [0.4, 0.5) is 5.69 Å². The number of hydrogen-bond donors (Lipinski definition) is 2. The van der Waals surface area contributed by atoms with E-state index < -0.39 is 0 Å². The fraction of sp³-hybridized carbons (Fsp3) is 0.533. The van der Waals surface area contributed by atoms with E-state index in [0.29, 0.717) is 0 Å². The average Bonchev–Trinajstić information content (AvgIpc) is 2.43.